The van der Waals surface area contributed by atoms with Crippen LogP contribution in [0.3, 0.4) is 0 Å². The number of nitrogens with zero attached hydrogens (tertiary/aromatic N) is 1. The minimum absolute atomic E-state index is 0.0422. The Balaban J connectivity index is 2.12. The van der Waals surface area contributed by atoms with Crippen LogP contribution in [0.4, 0.5) is 5.69 Å². The highest BCUT2D eigenvalue weighted by Gasteiger charge is 2.23. The van der Waals surface area contributed by atoms with Crippen molar-refractivity contribution in [2.24, 2.45) is 5.73 Å². The molecule has 1 unspecified atom stereocenters. The van der Waals surface area contributed by atoms with E-state index >= 15 is 0 Å². The third kappa shape index (κ3) is 2.27. The Kier molecular flexibility index (Phi) is 2.87. The third-order valence-electron chi connectivity index (χ3n) is 2.55. The zero-order valence-electron chi connectivity index (χ0n) is 8.52. The average molecular weight is 205 g/mol. The molecule has 0 saturated carbocycles. The Labute approximate surface area is 89.1 Å². The Morgan fingerprint density at radius 3 is 2.80 bits per heavy atom. The molecule has 2 rings (SSSR count). The van der Waals surface area contributed by atoms with Crippen molar-refractivity contribution in [3.8, 4) is 0 Å². The average Bonchev–Trinajstić information content (AvgIpc) is 2.29. The maximum Gasteiger partial charge on any atom is 0.239 e. The van der Waals surface area contributed by atoms with E-state index in [2.05, 4.69) is 10.2 Å². The minimum Gasteiger partial charge on any atom is -0.360 e. The zero-order valence-corrected chi connectivity index (χ0v) is 8.52. The van der Waals surface area contributed by atoms with Gasteiger partial charge in [0.15, 0.2) is 0 Å². The van der Waals surface area contributed by atoms with E-state index in [9.17, 15) is 4.79 Å². The first-order chi connectivity index (χ1) is 7.29. The van der Waals surface area contributed by atoms with Gasteiger partial charge >= 0.3 is 0 Å². The molecule has 1 amide bonds. The lowest BCUT2D eigenvalue weighted by Gasteiger charge is -2.33. The second kappa shape index (κ2) is 4.31. The van der Waals surface area contributed by atoms with Crippen LogP contribution in [0.2, 0.25) is 0 Å². The Hall–Kier alpha value is -1.55. The second-order valence-electron chi connectivity index (χ2n) is 3.72. The van der Waals surface area contributed by atoms with Gasteiger partial charge in [-0.2, -0.15) is 0 Å². The van der Waals surface area contributed by atoms with Crippen LogP contribution in [-0.4, -0.2) is 31.6 Å². The summed E-state index contributed by atoms with van der Waals surface area (Å²) in [5.41, 5.74) is 6.64. The van der Waals surface area contributed by atoms with E-state index in [4.69, 9.17) is 5.73 Å². The highest BCUT2D eigenvalue weighted by Crippen LogP contribution is 2.14. The molecular weight excluding hydrogens is 190 g/mol. The molecule has 0 aliphatic carbocycles. The van der Waals surface area contributed by atoms with Gasteiger partial charge < -0.3 is 16.0 Å². The summed E-state index contributed by atoms with van der Waals surface area (Å²) < 4.78 is 0. The van der Waals surface area contributed by atoms with Crippen LogP contribution in [-0.2, 0) is 4.79 Å². The van der Waals surface area contributed by atoms with Crippen LogP contribution in [0, 0.1) is 0 Å². The zero-order chi connectivity index (χ0) is 10.7. The predicted octanol–water partition coefficient (Wildman–Crippen LogP) is -0.0499. The van der Waals surface area contributed by atoms with Gasteiger partial charge in [-0.05, 0) is 12.1 Å². The quantitative estimate of drug-likeness (QED) is 0.711. The molecule has 1 aromatic carbocycles. The largest absolute Gasteiger partial charge is 0.360 e. The summed E-state index contributed by atoms with van der Waals surface area (Å²) in [5.74, 6) is 0.0422. The first kappa shape index (κ1) is 9.98. The summed E-state index contributed by atoms with van der Waals surface area (Å²) >= 11 is 0. The molecule has 1 atom stereocenters. The fourth-order valence-electron chi connectivity index (χ4n) is 1.79. The lowest BCUT2D eigenvalue weighted by atomic mass is 10.2. The molecule has 1 aliphatic rings. The molecule has 4 heteroatoms. The fourth-order valence-corrected chi connectivity index (χ4v) is 1.79. The second-order valence-corrected chi connectivity index (χ2v) is 3.72. The van der Waals surface area contributed by atoms with Crippen LogP contribution in [0.5, 0.6) is 0 Å². The highest BCUT2D eigenvalue weighted by molar-refractivity contribution is 5.83. The summed E-state index contributed by atoms with van der Waals surface area (Å²) in [6.45, 7) is 1.68. The molecule has 80 valence electrons. The number of rotatable bonds is 2. The number of carbonyl (C=O) groups excluding carboxylic acids is 1. The normalized spacial score (nSPS) is 21.3. The van der Waals surface area contributed by atoms with Crippen molar-refractivity contribution in [2.45, 2.75) is 6.04 Å². The Bertz CT molecular complexity index is 339. The number of anilines is 1. The molecule has 1 aromatic rings. The number of amides is 1. The maximum atomic E-state index is 11.4. The van der Waals surface area contributed by atoms with E-state index in [-0.39, 0.29) is 11.9 Å². The topological polar surface area (TPSA) is 58.4 Å². The van der Waals surface area contributed by atoms with Gasteiger partial charge in [0.25, 0.3) is 0 Å². The Morgan fingerprint density at radius 2 is 2.13 bits per heavy atom. The highest BCUT2D eigenvalue weighted by atomic mass is 16.2. The van der Waals surface area contributed by atoms with Gasteiger partial charge in [0, 0.05) is 18.8 Å². The monoisotopic (exact) mass is 205 g/mol. The lowest BCUT2D eigenvalue weighted by molar-refractivity contribution is -0.121. The molecule has 1 aliphatic heterocycles. The van der Waals surface area contributed by atoms with E-state index in [0.717, 1.165) is 12.2 Å². The van der Waals surface area contributed by atoms with Gasteiger partial charge in [-0.1, -0.05) is 18.2 Å². The molecule has 4 nitrogen and oxygen atoms in total. The number of hydrogen-bond acceptors (Lipinski definition) is 3. The smallest absolute Gasteiger partial charge is 0.239 e. The number of carbonyl (C=O) groups is 1. The molecule has 1 saturated heterocycles. The van der Waals surface area contributed by atoms with E-state index in [1.165, 1.54) is 0 Å². The molecule has 0 radical (unpaired) electrons. The predicted molar refractivity (Wildman–Crippen MR) is 59.6 cm³/mol. The van der Waals surface area contributed by atoms with Crippen LogP contribution >= 0.6 is 0 Å². The number of para-hydroxylation sites is 1. The molecule has 0 bridgehead atoms. The number of hydrogen-bond donors (Lipinski definition) is 2. The van der Waals surface area contributed by atoms with Crippen LogP contribution < -0.4 is 16.0 Å². The lowest BCUT2D eigenvalue weighted by Crippen LogP contribution is -2.56. The summed E-state index contributed by atoms with van der Waals surface area (Å²) in [5, 5.41) is 2.86. The number of nitrogens with one attached hydrogen (secondary N) is 1. The first-order valence-electron chi connectivity index (χ1n) is 5.09. The van der Waals surface area contributed by atoms with Crippen LogP contribution in [0.25, 0.3) is 0 Å². The van der Waals surface area contributed by atoms with E-state index in [1.54, 1.807) is 0 Å². The van der Waals surface area contributed by atoms with Crippen molar-refractivity contribution >= 4 is 11.6 Å². The van der Waals surface area contributed by atoms with Gasteiger partial charge in [-0.3, -0.25) is 4.79 Å². The summed E-state index contributed by atoms with van der Waals surface area (Å²) in [6, 6.07) is 9.98. The van der Waals surface area contributed by atoms with Crippen LogP contribution in [0.1, 0.15) is 0 Å². The maximum absolute atomic E-state index is 11.4. The molecule has 0 spiro atoms. The summed E-state index contributed by atoms with van der Waals surface area (Å²) in [6.07, 6.45) is 0. The number of piperazine rings is 1. The molecule has 1 heterocycles. The number of benzene rings is 1. The van der Waals surface area contributed by atoms with Crippen molar-refractivity contribution in [1.82, 2.24) is 5.32 Å². The minimum atomic E-state index is 0.0422. The van der Waals surface area contributed by atoms with Gasteiger partial charge in [0.05, 0.1) is 12.6 Å². The standard InChI is InChI=1S/C11H15N3O/c12-6-9-7-14(8-11(15)13-9)10-4-2-1-3-5-10/h1-5,9H,6-8,12H2,(H,13,15). The number of nitrogens with two attached hydrogens (primary N) is 1. The van der Waals surface area contributed by atoms with Gasteiger partial charge in [0.2, 0.25) is 5.91 Å². The molecule has 3 N–H and O–H groups in total. The molecule has 0 aromatic heterocycles. The molecule has 15 heavy (non-hydrogen) atoms. The Morgan fingerprint density at radius 1 is 1.40 bits per heavy atom. The van der Waals surface area contributed by atoms with E-state index in [1.807, 2.05) is 30.3 Å². The summed E-state index contributed by atoms with van der Waals surface area (Å²) in [7, 11) is 0. The van der Waals surface area contributed by atoms with Crippen molar-refractivity contribution < 1.29 is 4.79 Å². The molecular formula is C11H15N3O. The van der Waals surface area contributed by atoms with Crippen molar-refractivity contribution in [3.05, 3.63) is 30.3 Å². The van der Waals surface area contributed by atoms with Gasteiger partial charge in [0.1, 0.15) is 0 Å². The van der Waals surface area contributed by atoms with E-state index < -0.39 is 0 Å². The first-order valence-corrected chi connectivity index (χ1v) is 5.09. The van der Waals surface area contributed by atoms with Gasteiger partial charge in [-0.25, -0.2) is 0 Å². The van der Waals surface area contributed by atoms with Gasteiger partial charge in [-0.15, -0.1) is 0 Å². The van der Waals surface area contributed by atoms with Crippen molar-refractivity contribution in [3.63, 3.8) is 0 Å². The van der Waals surface area contributed by atoms with Crippen molar-refractivity contribution in [2.75, 3.05) is 24.5 Å². The van der Waals surface area contributed by atoms with E-state index in [0.29, 0.717) is 13.1 Å². The third-order valence-corrected chi connectivity index (χ3v) is 2.55. The molecule has 1 fully saturated rings. The fraction of sp³-hybridized carbons (Fsp3) is 0.364. The van der Waals surface area contributed by atoms with Crippen molar-refractivity contribution in [1.29, 1.82) is 0 Å². The summed E-state index contributed by atoms with van der Waals surface area (Å²) in [4.78, 5) is 13.5. The SMILES string of the molecule is NCC1CN(c2ccccc2)CC(=O)N1. The van der Waals surface area contributed by atoms with Crippen LogP contribution in [0.15, 0.2) is 30.3 Å².